The van der Waals surface area contributed by atoms with E-state index in [2.05, 4.69) is 539 Å². The van der Waals surface area contributed by atoms with Crippen LogP contribution in [0, 0.1) is 0 Å². The van der Waals surface area contributed by atoms with Crippen LogP contribution < -0.4 is 83.3 Å². The highest BCUT2D eigenvalue weighted by molar-refractivity contribution is 6.86. The summed E-state index contributed by atoms with van der Waals surface area (Å²) in [5.74, 6) is 25.6. The number of hydrogen-bond donors (Lipinski definition) is 0. The van der Waals surface area contributed by atoms with E-state index in [1.807, 2.05) is 0 Å². The van der Waals surface area contributed by atoms with Crippen molar-refractivity contribution >= 4 is 247 Å². The first-order valence-electron chi connectivity index (χ1n) is 46.0. The Bertz CT molecular complexity index is 9190. The van der Waals surface area contributed by atoms with E-state index in [9.17, 15) is 0 Å². The van der Waals surface area contributed by atoms with Gasteiger partial charge < -0.3 is 28.9 Å². The minimum atomic E-state index is 0.291. The summed E-state index contributed by atoms with van der Waals surface area (Å²) in [7, 11) is 0. The zero-order valence-corrected chi connectivity index (χ0v) is 72.6. The number of anilines is 1. The first-order chi connectivity index (χ1) is 65.4. The molecule has 6 nitrogen and oxygen atoms in total. The van der Waals surface area contributed by atoms with E-state index >= 15 is 0 Å². The molecule has 12 aliphatic heterocycles. The SMILES string of the molecule is C1=CB2C=c3c(ccc4c3ccc3ccccc34)=CN2C=C1.C1=CB2C=c3c(ccc4cc5ccccc5cc34)=CN2C=C1.C1=CB2C=c3c(ccc4ccc5ccccc5c34)=CN2C=C1.C1=CN2C=c3ccc4ccccc4c3=CB2c2ccccc21.C1=Cc2ccccc2N2C=c3ccc4ccccc4c3=CB12.C1=c2ccccc2=CN2C=c3ccc4ccccc4c3=CB12. The highest BCUT2D eigenvalue weighted by Gasteiger charge is 2.30. The highest BCUT2D eigenvalue weighted by atomic mass is 15.1. The van der Waals surface area contributed by atoms with Crippen molar-refractivity contribution in [3.05, 3.63) is 497 Å². The molecule has 0 unspecified atom stereocenters. The van der Waals surface area contributed by atoms with E-state index in [0.29, 0.717) is 41.1 Å². The quantitative estimate of drug-likeness (QED) is 0.0850. The Kier molecular flexibility index (Phi) is 19.5. The van der Waals surface area contributed by atoms with Crippen LogP contribution in [0.5, 0.6) is 0 Å². The second kappa shape index (κ2) is 33.0. The molecule has 0 N–H and O–H groups in total. The number of rotatable bonds is 0. The minimum absolute atomic E-state index is 0.291. The van der Waals surface area contributed by atoms with Gasteiger partial charge in [-0.25, -0.2) is 0 Å². The van der Waals surface area contributed by atoms with E-state index in [0.717, 1.165) is 0 Å². The Morgan fingerprint density at radius 2 is 0.591 bits per heavy atom. The number of allylic oxidation sites excluding steroid dienone is 6. The molecule has 132 heavy (non-hydrogen) atoms. The lowest BCUT2D eigenvalue weighted by atomic mass is 9.51. The smallest absolute Gasteiger partial charge is 0.320 e. The van der Waals surface area contributed by atoms with Gasteiger partial charge >= 0.3 is 41.1 Å². The van der Waals surface area contributed by atoms with E-state index in [4.69, 9.17) is 0 Å². The van der Waals surface area contributed by atoms with Gasteiger partial charge in [-0.2, -0.15) is 0 Å². The van der Waals surface area contributed by atoms with Crippen LogP contribution in [-0.4, -0.2) is 65.1 Å². The first-order valence-corrected chi connectivity index (χ1v) is 46.0. The van der Waals surface area contributed by atoms with E-state index in [1.165, 1.54) is 192 Å². The van der Waals surface area contributed by atoms with Crippen molar-refractivity contribution in [2.24, 2.45) is 0 Å². The standard InChI is InChI=1S/6C20H14BN/c1-3-7-18-15(5-1)9-10-17-14-22-12-11-16-6-2-4-8-20(16)21(22)13-19(17)18;1-3-7-18-15(5-1)9-10-17-14-22-20-8-4-2-6-16(20)11-12-21(22)13-19(17)18;1-2-7-17-13-22-14-18-10-9-15-5-3-4-8-19(15)20(18)12-21(22)11-16(17)6-1;1-2-6-17-15(5-1)7-9-19-18(17)10-8-16-14-22-12-4-3-11-21(22)13-20(16)19;1-2-6-18-15(5-1)7-8-16-9-10-17-14-22-12-4-3-11-21(22)13-19(17)20(16)18;1-2-6-16-12-19-17(11-15(16)5-1)7-8-18-14-22-10-4-3-9-21(22)13-20(18)19/h6*1-14H. The third-order valence-corrected chi connectivity index (χ3v) is 27.8. The molecule has 0 saturated heterocycles. The van der Waals surface area contributed by atoms with Gasteiger partial charge in [0.05, 0.1) is 0 Å². The zero-order valence-electron chi connectivity index (χ0n) is 72.6. The van der Waals surface area contributed by atoms with Crippen molar-refractivity contribution in [1.29, 1.82) is 0 Å². The Morgan fingerprint density at radius 3 is 1.23 bits per heavy atom. The molecule has 18 aromatic rings. The average molecular weight is 1670 g/mol. The fourth-order valence-electron chi connectivity index (χ4n) is 21.2. The van der Waals surface area contributed by atoms with Crippen LogP contribution in [-0.2, 0) is 0 Å². The number of hydrogen-bond acceptors (Lipinski definition) is 6. The van der Waals surface area contributed by atoms with Crippen molar-refractivity contribution in [1.82, 2.24) is 24.1 Å². The summed E-state index contributed by atoms with van der Waals surface area (Å²) in [6.07, 6.45) is 41.4. The Morgan fingerprint density at radius 1 is 0.189 bits per heavy atom. The molecule has 0 bridgehead atoms. The molecule has 0 aromatic heterocycles. The number of nitrogens with zero attached hydrogens (tertiary/aromatic N) is 6. The van der Waals surface area contributed by atoms with Crippen LogP contribution in [0.4, 0.5) is 5.69 Å². The van der Waals surface area contributed by atoms with Gasteiger partial charge in [0.15, 0.2) is 0 Å². The molecule has 0 fully saturated rings. The lowest BCUT2D eigenvalue weighted by molar-refractivity contribution is 0.858. The third-order valence-electron chi connectivity index (χ3n) is 27.8. The van der Waals surface area contributed by atoms with Crippen LogP contribution in [0.1, 0.15) is 11.1 Å². The topological polar surface area (TPSA) is 19.4 Å². The average Bonchev–Trinajstić information content (AvgIpc) is 0.776. The van der Waals surface area contributed by atoms with Crippen molar-refractivity contribution in [3.63, 3.8) is 0 Å². The fourth-order valence-corrected chi connectivity index (χ4v) is 21.2. The predicted octanol–water partition coefficient (Wildman–Crippen LogP) is 15.0. The van der Waals surface area contributed by atoms with Crippen LogP contribution in [0.3, 0.4) is 0 Å². The predicted molar refractivity (Wildman–Crippen MR) is 572 cm³/mol. The molecule has 12 heterocycles. The summed E-state index contributed by atoms with van der Waals surface area (Å²) in [6.45, 7) is 1.87. The lowest BCUT2D eigenvalue weighted by Gasteiger charge is -2.31. The minimum Gasteiger partial charge on any atom is -0.389 e. The van der Waals surface area contributed by atoms with E-state index in [1.54, 1.807) is 0 Å². The summed E-state index contributed by atoms with van der Waals surface area (Å²) in [5, 5.41) is 42.3. The molecule has 612 valence electrons. The molecular formula is C120H84B6N6. The lowest BCUT2D eigenvalue weighted by Crippen LogP contribution is -2.51. The molecule has 18 aromatic carbocycles. The second-order valence-corrected chi connectivity index (χ2v) is 35.5. The van der Waals surface area contributed by atoms with Crippen LogP contribution in [0.15, 0.2) is 413 Å². The molecule has 12 heteroatoms. The molecule has 0 saturated carbocycles. The van der Waals surface area contributed by atoms with Gasteiger partial charge in [0.2, 0.25) is 0 Å². The Labute approximate surface area is 766 Å². The van der Waals surface area contributed by atoms with Crippen molar-refractivity contribution in [2.45, 2.75) is 0 Å². The Balaban J connectivity index is 0.0000000851. The van der Waals surface area contributed by atoms with Crippen LogP contribution in [0.25, 0.3) is 194 Å². The molecule has 0 aliphatic carbocycles. The van der Waals surface area contributed by atoms with Crippen LogP contribution >= 0.6 is 0 Å². The largest absolute Gasteiger partial charge is 0.389 e. The summed E-state index contributed by atoms with van der Waals surface area (Å²) < 4.78 is 0. The summed E-state index contributed by atoms with van der Waals surface area (Å²) in [6, 6.07) is 118. The number of para-hydroxylation sites is 1. The molecular weight excluding hydrogens is 1590 g/mol. The molecule has 0 amide bonds. The normalized spacial score (nSPS) is 15.1. The number of benzene rings is 18. The van der Waals surface area contributed by atoms with Gasteiger partial charge in [0.25, 0.3) is 0 Å². The maximum Gasteiger partial charge on any atom is 0.320 e. The number of fused-ring (bicyclic) bond motifs is 34. The molecule has 0 spiro atoms. The van der Waals surface area contributed by atoms with Crippen molar-refractivity contribution < 1.29 is 0 Å². The van der Waals surface area contributed by atoms with Gasteiger partial charge in [0, 0.05) is 5.69 Å². The molecule has 30 rings (SSSR count). The summed E-state index contributed by atoms with van der Waals surface area (Å²) in [5.41, 5.74) is 5.26. The first kappa shape index (κ1) is 77.9. The maximum absolute atomic E-state index is 2.40. The zero-order chi connectivity index (χ0) is 87.1. The molecule has 0 radical (unpaired) electrons. The van der Waals surface area contributed by atoms with E-state index < -0.39 is 0 Å². The molecule has 0 atom stereocenters. The van der Waals surface area contributed by atoms with Gasteiger partial charge in [0.1, 0.15) is 0 Å². The monoisotopic (exact) mass is 1670 g/mol. The van der Waals surface area contributed by atoms with Gasteiger partial charge in [-0.1, -0.05) is 399 Å². The van der Waals surface area contributed by atoms with Crippen LogP contribution in [0.2, 0.25) is 0 Å². The highest BCUT2D eigenvalue weighted by Crippen LogP contribution is 2.31. The molecule has 12 aliphatic rings. The van der Waals surface area contributed by atoms with Gasteiger partial charge in [-0.05, 0) is 297 Å². The second-order valence-electron chi connectivity index (χ2n) is 35.5. The van der Waals surface area contributed by atoms with Gasteiger partial charge in [-0.15, -0.1) is 0 Å². The van der Waals surface area contributed by atoms with E-state index in [-0.39, 0.29) is 0 Å². The van der Waals surface area contributed by atoms with Gasteiger partial charge in [-0.3, -0.25) is 0 Å². The summed E-state index contributed by atoms with van der Waals surface area (Å²) >= 11 is 0. The Hall–Kier alpha value is -16.4. The van der Waals surface area contributed by atoms with Crippen molar-refractivity contribution in [3.8, 4) is 0 Å². The fraction of sp³-hybridized carbons (Fsp3) is 0. The summed E-state index contributed by atoms with van der Waals surface area (Å²) in [4.78, 5) is 13.8. The van der Waals surface area contributed by atoms with Crippen molar-refractivity contribution in [2.75, 3.05) is 4.81 Å². The maximum atomic E-state index is 2.40. The third kappa shape index (κ3) is 14.3.